The molecule has 160 valence electrons. The van der Waals surface area contributed by atoms with Crippen LogP contribution in [0.3, 0.4) is 0 Å². The Bertz CT molecular complexity index is 1270. The normalized spacial score (nSPS) is 14.5. The Labute approximate surface area is 188 Å². The first-order valence-corrected chi connectivity index (χ1v) is 10.0. The predicted molar refractivity (Wildman–Crippen MR) is 119 cm³/mol. The first-order valence-electron chi connectivity index (χ1n) is 9.66. The highest BCUT2D eigenvalue weighted by Gasteiger charge is 2.33. The summed E-state index contributed by atoms with van der Waals surface area (Å²) in [7, 11) is 1.53. The van der Waals surface area contributed by atoms with Gasteiger partial charge in [-0.05, 0) is 53.6 Å². The van der Waals surface area contributed by atoms with Gasteiger partial charge in [-0.3, -0.25) is 19.4 Å². The second-order valence-electron chi connectivity index (χ2n) is 7.20. The van der Waals surface area contributed by atoms with Crippen molar-refractivity contribution in [2.24, 2.45) is 0 Å². The van der Waals surface area contributed by atoms with Crippen LogP contribution in [0.1, 0.15) is 31.8 Å². The molecule has 0 fully saturated rings. The van der Waals surface area contributed by atoms with E-state index in [1.54, 1.807) is 30.6 Å². The highest BCUT2D eigenvalue weighted by Crippen LogP contribution is 2.31. The number of hydrogen-bond donors (Lipinski definition) is 1. The molecule has 1 aliphatic rings. The van der Waals surface area contributed by atoms with Gasteiger partial charge in [0.15, 0.2) is 0 Å². The molecule has 0 saturated carbocycles. The number of aromatic nitrogens is 1. The number of pyridine rings is 1. The monoisotopic (exact) mass is 449 g/mol. The number of nitrogens with one attached hydrogen (secondary N) is 1. The van der Waals surface area contributed by atoms with Crippen LogP contribution in [-0.4, -0.2) is 29.6 Å². The number of Topliss-reactive ketones (excluding diaryl/α,β-unsaturated/α-hetero) is 1. The van der Waals surface area contributed by atoms with Crippen molar-refractivity contribution in [2.45, 2.75) is 6.54 Å². The van der Waals surface area contributed by atoms with E-state index in [0.29, 0.717) is 11.3 Å². The number of likely N-dealkylation sites (N-methyl/N-ethyl adjacent to an activating group) is 1. The van der Waals surface area contributed by atoms with Gasteiger partial charge in [0.1, 0.15) is 5.82 Å². The van der Waals surface area contributed by atoms with Crippen molar-refractivity contribution in [1.82, 2.24) is 10.3 Å². The highest BCUT2D eigenvalue weighted by atomic mass is 35.5. The third-order valence-corrected chi connectivity index (χ3v) is 5.38. The Hall–Kier alpha value is -3.84. The minimum atomic E-state index is -0.655. The molecule has 32 heavy (non-hydrogen) atoms. The molecular formula is C24H17ClFN3O3. The SMILES string of the molecule is CN1C(=O)/C(=C\c2ccc(Cl)c(F)c2)C(=O)c2cc(C(=O)NCc3cccnc3)ccc21. The minimum absolute atomic E-state index is 0.0575. The molecule has 0 atom stereocenters. The summed E-state index contributed by atoms with van der Waals surface area (Å²) in [6, 6.07) is 12.2. The summed E-state index contributed by atoms with van der Waals surface area (Å²) in [5.41, 5.74) is 1.91. The van der Waals surface area contributed by atoms with Crippen molar-refractivity contribution < 1.29 is 18.8 Å². The molecule has 1 N–H and O–H groups in total. The Kier molecular flexibility index (Phi) is 5.83. The minimum Gasteiger partial charge on any atom is -0.348 e. The molecule has 1 aliphatic heterocycles. The van der Waals surface area contributed by atoms with Crippen LogP contribution in [0.25, 0.3) is 6.08 Å². The third-order valence-electron chi connectivity index (χ3n) is 5.07. The molecule has 3 aromatic rings. The second-order valence-corrected chi connectivity index (χ2v) is 7.61. The number of anilines is 1. The van der Waals surface area contributed by atoms with Crippen LogP contribution in [0.5, 0.6) is 0 Å². The fraction of sp³-hybridized carbons (Fsp3) is 0.0833. The quantitative estimate of drug-likeness (QED) is 0.481. The van der Waals surface area contributed by atoms with Gasteiger partial charge in [0.2, 0.25) is 5.78 Å². The van der Waals surface area contributed by atoms with E-state index in [9.17, 15) is 18.8 Å². The van der Waals surface area contributed by atoms with Gasteiger partial charge in [-0.15, -0.1) is 0 Å². The highest BCUT2D eigenvalue weighted by molar-refractivity contribution is 6.36. The van der Waals surface area contributed by atoms with Crippen LogP contribution in [-0.2, 0) is 11.3 Å². The fourth-order valence-electron chi connectivity index (χ4n) is 3.37. The maximum atomic E-state index is 13.8. The van der Waals surface area contributed by atoms with Gasteiger partial charge in [0, 0.05) is 37.1 Å². The number of fused-ring (bicyclic) bond motifs is 1. The summed E-state index contributed by atoms with van der Waals surface area (Å²) in [4.78, 5) is 43.8. The molecule has 0 radical (unpaired) electrons. The zero-order valence-electron chi connectivity index (χ0n) is 16.9. The number of rotatable bonds is 4. The third kappa shape index (κ3) is 4.15. The second kappa shape index (κ2) is 8.72. The molecule has 0 saturated heterocycles. The van der Waals surface area contributed by atoms with Crippen LogP contribution in [0, 0.1) is 5.82 Å². The number of amides is 2. The largest absolute Gasteiger partial charge is 0.348 e. The number of carbonyl (C=O) groups excluding carboxylic acids is 3. The molecule has 0 bridgehead atoms. The topological polar surface area (TPSA) is 79.4 Å². The summed E-state index contributed by atoms with van der Waals surface area (Å²) >= 11 is 5.70. The molecule has 6 nitrogen and oxygen atoms in total. The first kappa shape index (κ1) is 21.4. The number of ketones is 1. The van der Waals surface area contributed by atoms with Crippen molar-refractivity contribution >= 4 is 41.0 Å². The van der Waals surface area contributed by atoms with Gasteiger partial charge >= 0.3 is 0 Å². The molecular weight excluding hydrogens is 433 g/mol. The number of benzene rings is 2. The number of nitrogens with zero attached hydrogens (tertiary/aromatic N) is 2. The molecule has 0 aliphatic carbocycles. The molecule has 4 rings (SSSR count). The molecule has 1 aromatic heterocycles. The lowest BCUT2D eigenvalue weighted by atomic mass is 9.92. The van der Waals surface area contributed by atoms with Gasteiger partial charge in [0.05, 0.1) is 16.3 Å². The van der Waals surface area contributed by atoms with Crippen LogP contribution in [0.2, 0.25) is 5.02 Å². The Morgan fingerprint density at radius 1 is 1.19 bits per heavy atom. The van der Waals surface area contributed by atoms with E-state index in [-0.39, 0.29) is 34.2 Å². The zero-order chi connectivity index (χ0) is 22.8. The van der Waals surface area contributed by atoms with E-state index in [4.69, 9.17) is 11.6 Å². The zero-order valence-corrected chi connectivity index (χ0v) is 17.7. The van der Waals surface area contributed by atoms with E-state index in [1.165, 1.54) is 36.2 Å². The number of hydrogen-bond acceptors (Lipinski definition) is 4. The van der Waals surface area contributed by atoms with E-state index in [0.717, 1.165) is 11.6 Å². The molecule has 2 amide bonds. The maximum Gasteiger partial charge on any atom is 0.262 e. The van der Waals surface area contributed by atoms with Crippen LogP contribution < -0.4 is 10.2 Å². The summed E-state index contributed by atoms with van der Waals surface area (Å²) in [5, 5.41) is 2.72. The number of halogens is 2. The Morgan fingerprint density at radius 3 is 2.72 bits per heavy atom. The molecule has 8 heteroatoms. The van der Waals surface area contributed by atoms with Crippen molar-refractivity contribution in [2.75, 3.05) is 11.9 Å². The smallest absolute Gasteiger partial charge is 0.262 e. The van der Waals surface area contributed by atoms with E-state index >= 15 is 0 Å². The summed E-state index contributed by atoms with van der Waals surface area (Å²) in [6.45, 7) is 0.281. The molecule has 2 aromatic carbocycles. The van der Waals surface area contributed by atoms with Crippen LogP contribution in [0.4, 0.5) is 10.1 Å². The standard InChI is InChI=1S/C24H17ClFN3O3/c1-29-21-7-5-16(23(31)28-13-15-3-2-8-27-12-15)11-17(21)22(30)18(24(29)32)9-14-4-6-19(25)20(26)10-14/h2-12H,13H2,1H3,(H,28,31)/b18-9-. The van der Waals surface area contributed by atoms with Gasteiger partial charge in [-0.2, -0.15) is 0 Å². The summed E-state index contributed by atoms with van der Waals surface area (Å²) in [5.74, 6) is -2.08. The van der Waals surface area contributed by atoms with Gasteiger partial charge in [-0.1, -0.05) is 23.7 Å². The predicted octanol–water partition coefficient (Wildman–Crippen LogP) is 4.05. The van der Waals surface area contributed by atoms with E-state index in [2.05, 4.69) is 10.3 Å². The Morgan fingerprint density at radius 2 is 2.00 bits per heavy atom. The molecule has 0 spiro atoms. The Balaban J connectivity index is 1.64. The van der Waals surface area contributed by atoms with Crippen molar-refractivity contribution in [3.05, 3.63) is 99.6 Å². The summed E-state index contributed by atoms with van der Waals surface area (Å²) < 4.78 is 13.8. The lowest BCUT2D eigenvalue weighted by molar-refractivity contribution is -0.114. The van der Waals surface area contributed by atoms with Crippen LogP contribution >= 0.6 is 11.6 Å². The van der Waals surface area contributed by atoms with Crippen LogP contribution in [0.15, 0.2) is 66.5 Å². The van der Waals surface area contributed by atoms with Gasteiger partial charge < -0.3 is 10.2 Å². The van der Waals surface area contributed by atoms with Gasteiger partial charge in [-0.25, -0.2) is 4.39 Å². The molecule has 2 heterocycles. The fourth-order valence-corrected chi connectivity index (χ4v) is 3.48. The number of carbonyl (C=O) groups is 3. The average molecular weight is 450 g/mol. The average Bonchev–Trinajstić information content (AvgIpc) is 2.81. The maximum absolute atomic E-state index is 13.8. The lowest BCUT2D eigenvalue weighted by Crippen LogP contribution is -2.37. The van der Waals surface area contributed by atoms with Crippen molar-refractivity contribution in [1.29, 1.82) is 0 Å². The summed E-state index contributed by atoms with van der Waals surface area (Å²) in [6.07, 6.45) is 4.61. The van der Waals surface area contributed by atoms with E-state index < -0.39 is 17.5 Å². The van der Waals surface area contributed by atoms with Crippen molar-refractivity contribution in [3.8, 4) is 0 Å². The van der Waals surface area contributed by atoms with E-state index in [1.807, 2.05) is 6.07 Å². The van der Waals surface area contributed by atoms with Crippen molar-refractivity contribution in [3.63, 3.8) is 0 Å². The lowest BCUT2D eigenvalue weighted by Gasteiger charge is -2.27. The molecule has 0 unspecified atom stereocenters. The van der Waals surface area contributed by atoms with Gasteiger partial charge in [0.25, 0.3) is 11.8 Å². The first-order chi connectivity index (χ1) is 15.3.